The van der Waals surface area contributed by atoms with Gasteiger partial charge in [-0.3, -0.25) is 9.59 Å². The van der Waals surface area contributed by atoms with Crippen LogP contribution in [-0.4, -0.2) is 39.4 Å². The van der Waals surface area contributed by atoms with Gasteiger partial charge in [-0.25, -0.2) is 13.6 Å². The van der Waals surface area contributed by atoms with Gasteiger partial charge in [0.1, 0.15) is 0 Å². The molecule has 0 aliphatic carbocycles. The zero-order valence-corrected chi connectivity index (χ0v) is 15.8. The van der Waals surface area contributed by atoms with Crippen LogP contribution in [0.1, 0.15) is 19.4 Å². The summed E-state index contributed by atoms with van der Waals surface area (Å²) in [5.74, 6) is -0.687. The molecule has 25 heavy (non-hydrogen) atoms. The number of benzene rings is 1. The van der Waals surface area contributed by atoms with E-state index in [9.17, 15) is 18.0 Å². The Morgan fingerprint density at radius 3 is 2.16 bits per heavy atom. The number of primary sulfonamides is 1. The summed E-state index contributed by atoms with van der Waals surface area (Å²) in [6.45, 7) is 3.88. The highest BCUT2D eigenvalue weighted by molar-refractivity contribution is 7.89. The largest absolute Gasteiger partial charge is 0.354 e. The Kier molecular flexibility index (Phi) is 9.65. The van der Waals surface area contributed by atoms with Crippen LogP contribution >= 0.6 is 12.4 Å². The van der Waals surface area contributed by atoms with Crippen LogP contribution in [0.3, 0.4) is 0 Å². The molecule has 0 spiro atoms. The fraction of sp³-hybridized carbons (Fsp3) is 0.467. The Bertz CT molecular complexity index is 677. The lowest BCUT2D eigenvalue weighted by atomic mass is 10.1. The predicted octanol–water partition coefficient (Wildman–Crippen LogP) is -0.486. The lowest BCUT2D eigenvalue weighted by Gasteiger charge is -2.15. The highest BCUT2D eigenvalue weighted by atomic mass is 35.5. The molecule has 1 aromatic rings. The molecule has 0 aliphatic heterocycles. The summed E-state index contributed by atoms with van der Waals surface area (Å²) in [4.78, 5) is 23.3. The highest BCUT2D eigenvalue weighted by Gasteiger charge is 2.17. The van der Waals surface area contributed by atoms with Crippen molar-refractivity contribution < 1.29 is 18.0 Å². The van der Waals surface area contributed by atoms with Crippen molar-refractivity contribution in [2.24, 2.45) is 16.8 Å². The molecule has 1 rings (SSSR count). The third-order valence-corrected chi connectivity index (χ3v) is 4.36. The van der Waals surface area contributed by atoms with E-state index in [1.54, 1.807) is 12.1 Å². The number of nitrogens with two attached hydrogens (primary N) is 2. The van der Waals surface area contributed by atoms with Crippen molar-refractivity contribution in [2.75, 3.05) is 13.1 Å². The SMILES string of the molecule is CC(C)[C@H](N)C(=O)NCC(=O)NCCc1ccc(S(N)(=O)=O)cc1.Cl. The lowest BCUT2D eigenvalue weighted by Crippen LogP contribution is -2.47. The van der Waals surface area contributed by atoms with Crippen molar-refractivity contribution in [2.45, 2.75) is 31.2 Å². The van der Waals surface area contributed by atoms with E-state index in [1.165, 1.54) is 12.1 Å². The molecular weight excluding hydrogens is 368 g/mol. The van der Waals surface area contributed by atoms with Crippen molar-refractivity contribution in [3.8, 4) is 0 Å². The number of halogens is 1. The molecule has 0 saturated heterocycles. The molecule has 0 fully saturated rings. The molecule has 142 valence electrons. The van der Waals surface area contributed by atoms with Crippen LogP contribution in [0.2, 0.25) is 0 Å². The van der Waals surface area contributed by atoms with Gasteiger partial charge in [-0.05, 0) is 30.0 Å². The fourth-order valence-corrected chi connectivity index (χ4v) is 2.36. The standard InChI is InChI=1S/C15H24N4O4S.ClH/c1-10(2)14(16)15(21)19-9-13(20)18-8-7-11-3-5-12(6-4-11)24(17,22)23;/h3-6,10,14H,7-9,16H2,1-2H3,(H,18,20)(H,19,21)(H2,17,22,23);1H/t14-;/m0./s1. The highest BCUT2D eigenvalue weighted by Crippen LogP contribution is 2.08. The van der Waals surface area contributed by atoms with E-state index >= 15 is 0 Å². The second-order valence-electron chi connectivity index (χ2n) is 5.78. The van der Waals surface area contributed by atoms with Gasteiger partial charge in [-0.15, -0.1) is 12.4 Å². The number of hydrogen-bond acceptors (Lipinski definition) is 5. The summed E-state index contributed by atoms with van der Waals surface area (Å²) in [5, 5.41) is 10.2. The normalized spacial score (nSPS) is 12.2. The van der Waals surface area contributed by atoms with Crippen LogP contribution in [-0.2, 0) is 26.0 Å². The van der Waals surface area contributed by atoms with Gasteiger partial charge in [0.2, 0.25) is 21.8 Å². The molecule has 8 nitrogen and oxygen atoms in total. The Labute approximate surface area is 154 Å². The zero-order chi connectivity index (χ0) is 18.3. The van der Waals surface area contributed by atoms with Crippen molar-refractivity contribution >= 4 is 34.2 Å². The minimum Gasteiger partial charge on any atom is -0.354 e. The van der Waals surface area contributed by atoms with E-state index in [0.717, 1.165) is 5.56 Å². The maximum atomic E-state index is 11.7. The maximum absolute atomic E-state index is 11.7. The summed E-state index contributed by atoms with van der Waals surface area (Å²) in [7, 11) is -3.70. The number of rotatable bonds is 8. The molecule has 10 heteroatoms. The number of carbonyl (C=O) groups excluding carboxylic acids is 2. The van der Waals surface area contributed by atoms with Gasteiger partial charge in [0, 0.05) is 6.54 Å². The fourth-order valence-electron chi connectivity index (χ4n) is 1.84. The van der Waals surface area contributed by atoms with Gasteiger partial charge >= 0.3 is 0 Å². The second kappa shape index (κ2) is 10.3. The summed E-state index contributed by atoms with van der Waals surface area (Å²) >= 11 is 0. The molecule has 2 amide bonds. The van der Waals surface area contributed by atoms with Crippen molar-refractivity contribution in [1.82, 2.24) is 10.6 Å². The topological polar surface area (TPSA) is 144 Å². The first-order valence-electron chi connectivity index (χ1n) is 7.53. The molecule has 0 heterocycles. The Balaban J connectivity index is 0.00000576. The molecule has 1 aromatic carbocycles. The number of amides is 2. The number of carbonyl (C=O) groups is 2. The number of sulfonamides is 1. The van der Waals surface area contributed by atoms with Gasteiger partial charge in [-0.1, -0.05) is 26.0 Å². The number of nitrogens with one attached hydrogen (secondary N) is 2. The molecule has 0 saturated carbocycles. The van der Waals surface area contributed by atoms with Crippen LogP contribution in [0.5, 0.6) is 0 Å². The van der Waals surface area contributed by atoms with Crippen molar-refractivity contribution in [1.29, 1.82) is 0 Å². The van der Waals surface area contributed by atoms with Crippen molar-refractivity contribution in [3.63, 3.8) is 0 Å². The zero-order valence-electron chi connectivity index (χ0n) is 14.2. The average molecular weight is 393 g/mol. The summed E-state index contributed by atoms with van der Waals surface area (Å²) in [6.07, 6.45) is 0.524. The van der Waals surface area contributed by atoms with E-state index in [4.69, 9.17) is 10.9 Å². The third kappa shape index (κ3) is 8.30. The predicted molar refractivity (Wildman–Crippen MR) is 97.6 cm³/mol. The molecule has 0 unspecified atom stereocenters. The van der Waals surface area contributed by atoms with Crippen molar-refractivity contribution in [3.05, 3.63) is 29.8 Å². The molecule has 0 bridgehead atoms. The Hall–Kier alpha value is -1.68. The van der Waals surface area contributed by atoms with E-state index in [0.29, 0.717) is 13.0 Å². The smallest absolute Gasteiger partial charge is 0.239 e. The minimum absolute atomic E-state index is 0. The molecular formula is C15H25ClN4O4S. The molecule has 0 aliphatic rings. The minimum atomic E-state index is -3.70. The van der Waals surface area contributed by atoms with Crippen LogP contribution in [0.25, 0.3) is 0 Å². The van der Waals surface area contributed by atoms with Crippen LogP contribution in [0.4, 0.5) is 0 Å². The van der Waals surface area contributed by atoms with E-state index in [-0.39, 0.29) is 41.6 Å². The van der Waals surface area contributed by atoms with Gasteiger partial charge in [0.25, 0.3) is 0 Å². The summed E-state index contributed by atoms with van der Waals surface area (Å²) in [5.41, 5.74) is 6.52. The summed E-state index contributed by atoms with van der Waals surface area (Å²) in [6, 6.07) is 5.46. The van der Waals surface area contributed by atoms with E-state index in [2.05, 4.69) is 10.6 Å². The van der Waals surface area contributed by atoms with Crippen LogP contribution < -0.4 is 21.5 Å². The first-order chi connectivity index (χ1) is 11.1. The number of hydrogen-bond donors (Lipinski definition) is 4. The Morgan fingerprint density at radius 2 is 1.68 bits per heavy atom. The molecule has 1 atom stereocenters. The molecule has 0 aromatic heterocycles. The molecule has 0 radical (unpaired) electrons. The van der Waals surface area contributed by atoms with Gasteiger partial charge in [0.15, 0.2) is 0 Å². The summed E-state index contributed by atoms with van der Waals surface area (Å²) < 4.78 is 22.3. The second-order valence-corrected chi connectivity index (χ2v) is 7.34. The van der Waals surface area contributed by atoms with E-state index < -0.39 is 16.1 Å². The third-order valence-electron chi connectivity index (χ3n) is 3.43. The molecule has 6 N–H and O–H groups in total. The monoisotopic (exact) mass is 392 g/mol. The van der Waals surface area contributed by atoms with Gasteiger partial charge in [0.05, 0.1) is 17.5 Å². The quantitative estimate of drug-likeness (QED) is 0.472. The maximum Gasteiger partial charge on any atom is 0.239 e. The van der Waals surface area contributed by atoms with Crippen LogP contribution in [0.15, 0.2) is 29.2 Å². The average Bonchev–Trinajstić information content (AvgIpc) is 2.51. The van der Waals surface area contributed by atoms with E-state index in [1.807, 2.05) is 13.8 Å². The Morgan fingerprint density at radius 1 is 1.12 bits per heavy atom. The lowest BCUT2D eigenvalue weighted by molar-refractivity contribution is -0.127. The van der Waals surface area contributed by atoms with Gasteiger partial charge in [-0.2, -0.15) is 0 Å². The first-order valence-corrected chi connectivity index (χ1v) is 9.07. The van der Waals surface area contributed by atoms with Gasteiger partial charge < -0.3 is 16.4 Å². The van der Waals surface area contributed by atoms with Crippen LogP contribution in [0, 0.1) is 5.92 Å². The first kappa shape index (κ1) is 23.3.